The molecule has 0 aliphatic heterocycles. The Morgan fingerprint density at radius 3 is 2.50 bits per heavy atom. The molecular formula is C18H20BrNO2. The maximum atomic E-state index is 12.0. The van der Waals surface area contributed by atoms with E-state index in [0.29, 0.717) is 12.3 Å². The van der Waals surface area contributed by atoms with Gasteiger partial charge in [-0.25, -0.2) is 0 Å². The molecule has 2 aromatic carbocycles. The number of carbonyl (C=O) groups is 1. The molecule has 1 N–H and O–H groups in total. The Balaban J connectivity index is 1.69. The van der Waals surface area contributed by atoms with Gasteiger partial charge in [0.1, 0.15) is 5.75 Å². The van der Waals surface area contributed by atoms with Gasteiger partial charge in [0.15, 0.2) is 6.10 Å². The molecule has 0 saturated heterocycles. The standard InChI is InChI=1S/C18H20BrNO2/c1-14(22-17-11-9-16(19)10-12-17)18(21)20-13-5-8-15-6-3-2-4-7-15/h2-4,6-7,9-12,14H,5,8,13H2,1H3,(H,20,21)/t14-/m0/s1. The van der Waals surface area contributed by atoms with Crippen LogP contribution >= 0.6 is 15.9 Å². The summed E-state index contributed by atoms with van der Waals surface area (Å²) < 4.78 is 6.60. The predicted octanol–water partition coefficient (Wildman–Crippen LogP) is 3.97. The van der Waals surface area contributed by atoms with Crippen LogP contribution in [0.15, 0.2) is 59.1 Å². The highest BCUT2D eigenvalue weighted by Crippen LogP contribution is 2.17. The number of hydrogen-bond acceptors (Lipinski definition) is 2. The average molecular weight is 362 g/mol. The highest BCUT2D eigenvalue weighted by atomic mass is 79.9. The minimum atomic E-state index is -0.502. The molecule has 1 amide bonds. The lowest BCUT2D eigenvalue weighted by atomic mass is 10.1. The molecule has 3 nitrogen and oxygen atoms in total. The number of ether oxygens (including phenoxy) is 1. The van der Waals surface area contributed by atoms with Crippen LogP contribution in [0.2, 0.25) is 0 Å². The molecule has 2 rings (SSSR count). The number of hydrogen-bond donors (Lipinski definition) is 1. The first-order valence-electron chi connectivity index (χ1n) is 7.39. The van der Waals surface area contributed by atoms with Crippen LogP contribution < -0.4 is 10.1 Å². The molecule has 0 unspecified atom stereocenters. The van der Waals surface area contributed by atoms with Crippen LogP contribution in [0.1, 0.15) is 18.9 Å². The van der Waals surface area contributed by atoms with Gasteiger partial charge in [0.05, 0.1) is 0 Å². The van der Waals surface area contributed by atoms with E-state index in [2.05, 4.69) is 33.4 Å². The van der Waals surface area contributed by atoms with Crippen LogP contribution in [0.25, 0.3) is 0 Å². The molecule has 0 saturated carbocycles. The van der Waals surface area contributed by atoms with Crippen LogP contribution in [0.5, 0.6) is 5.75 Å². The molecule has 0 fully saturated rings. The number of aryl methyl sites for hydroxylation is 1. The molecule has 0 radical (unpaired) electrons. The third-order valence-electron chi connectivity index (χ3n) is 3.28. The Kier molecular flexibility index (Phi) is 6.46. The molecule has 22 heavy (non-hydrogen) atoms. The maximum absolute atomic E-state index is 12.0. The van der Waals surface area contributed by atoms with Crippen molar-refractivity contribution < 1.29 is 9.53 Å². The van der Waals surface area contributed by atoms with Crippen molar-refractivity contribution in [3.8, 4) is 5.75 Å². The molecule has 0 spiro atoms. The summed E-state index contributed by atoms with van der Waals surface area (Å²) >= 11 is 3.37. The van der Waals surface area contributed by atoms with E-state index in [9.17, 15) is 4.79 Å². The number of nitrogens with one attached hydrogen (secondary N) is 1. The SMILES string of the molecule is C[C@H](Oc1ccc(Br)cc1)C(=O)NCCCc1ccccc1. The van der Waals surface area contributed by atoms with Crippen molar-refractivity contribution in [3.05, 3.63) is 64.6 Å². The second-order valence-corrected chi connectivity index (χ2v) is 6.01. The number of carbonyl (C=O) groups excluding carboxylic acids is 1. The highest BCUT2D eigenvalue weighted by Gasteiger charge is 2.13. The summed E-state index contributed by atoms with van der Waals surface area (Å²) in [5.41, 5.74) is 1.29. The third kappa shape index (κ3) is 5.53. The zero-order valence-electron chi connectivity index (χ0n) is 12.6. The number of amides is 1. The molecule has 0 aliphatic rings. The average Bonchev–Trinajstić information content (AvgIpc) is 2.54. The van der Waals surface area contributed by atoms with Gasteiger partial charge in [0.2, 0.25) is 0 Å². The van der Waals surface area contributed by atoms with Crippen molar-refractivity contribution in [2.75, 3.05) is 6.54 Å². The monoisotopic (exact) mass is 361 g/mol. The van der Waals surface area contributed by atoms with Crippen LogP contribution in [0.3, 0.4) is 0 Å². The van der Waals surface area contributed by atoms with Crippen molar-refractivity contribution in [2.45, 2.75) is 25.9 Å². The lowest BCUT2D eigenvalue weighted by Gasteiger charge is -2.14. The van der Waals surface area contributed by atoms with Crippen LogP contribution in [-0.4, -0.2) is 18.6 Å². The lowest BCUT2D eigenvalue weighted by molar-refractivity contribution is -0.127. The largest absolute Gasteiger partial charge is 0.481 e. The molecule has 116 valence electrons. The van der Waals surface area contributed by atoms with E-state index in [-0.39, 0.29) is 5.91 Å². The van der Waals surface area contributed by atoms with Crippen molar-refractivity contribution >= 4 is 21.8 Å². The van der Waals surface area contributed by atoms with Crippen LogP contribution in [0, 0.1) is 0 Å². The molecular weight excluding hydrogens is 342 g/mol. The van der Waals surface area contributed by atoms with Crippen molar-refractivity contribution in [1.82, 2.24) is 5.32 Å². The molecule has 1 atom stereocenters. The molecule has 0 bridgehead atoms. The molecule has 0 aromatic heterocycles. The smallest absolute Gasteiger partial charge is 0.260 e. The topological polar surface area (TPSA) is 38.3 Å². The third-order valence-corrected chi connectivity index (χ3v) is 3.81. The minimum Gasteiger partial charge on any atom is -0.481 e. The second-order valence-electron chi connectivity index (χ2n) is 5.09. The van der Waals surface area contributed by atoms with Crippen molar-refractivity contribution in [3.63, 3.8) is 0 Å². The normalized spacial score (nSPS) is 11.7. The van der Waals surface area contributed by atoms with Gasteiger partial charge in [-0.3, -0.25) is 4.79 Å². The fraction of sp³-hybridized carbons (Fsp3) is 0.278. The van der Waals surface area contributed by atoms with Gasteiger partial charge in [0.25, 0.3) is 5.91 Å². The molecule has 2 aromatic rings. The van der Waals surface area contributed by atoms with Crippen LogP contribution in [0.4, 0.5) is 0 Å². The van der Waals surface area contributed by atoms with Gasteiger partial charge >= 0.3 is 0 Å². The highest BCUT2D eigenvalue weighted by molar-refractivity contribution is 9.10. The second kappa shape index (κ2) is 8.59. The van der Waals surface area contributed by atoms with Crippen molar-refractivity contribution in [1.29, 1.82) is 0 Å². The first-order valence-corrected chi connectivity index (χ1v) is 8.18. The van der Waals surface area contributed by atoms with E-state index < -0.39 is 6.10 Å². The van der Waals surface area contributed by atoms with E-state index in [1.165, 1.54) is 5.56 Å². The summed E-state index contributed by atoms with van der Waals surface area (Å²) in [7, 11) is 0. The fourth-order valence-electron chi connectivity index (χ4n) is 2.06. The Bertz CT molecular complexity index is 584. The van der Waals surface area contributed by atoms with E-state index >= 15 is 0 Å². The van der Waals surface area contributed by atoms with E-state index in [1.54, 1.807) is 6.92 Å². The summed E-state index contributed by atoms with van der Waals surface area (Å²) in [6.45, 7) is 2.41. The summed E-state index contributed by atoms with van der Waals surface area (Å²) in [6.07, 6.45) is 1.38. The van der Waals surface area contributed by atoms with E-state index in [0.717, 1.165) is 17.3 Å². The Hall–Kier alpha value is -1.81. The zero-order valence-corrected chi connectivity index (χ0v) is 14.2. The number of rotatable bonds is 7. The fourth-order valence-corrected chi connectivity index (χ4v) is 2.33. The predicted molar refractivity (Wildman–Crippen MR) is 92.0 cm³/mol. The number of halogens is 1. The first kappa shape index (κ1) is 16.6. The van der Waals surface area contributed by atoms with Gasteiger partial charge in [-0.2, -0.15) is 0 Å². The summed E-state index contributed by atoms with van der Waals surface area (Å²) in [4.78, 5) is 12.0. The summed E-state index contributed by atoms with van der Waals surface area (Å²) in [6, 6.07) is 17.7. The zero-order chi connectivity index (χ0) is 15.8. The van der Waals surface area contributed by atoms with E-state index in [4.69, 9.17) is 4.74 Å². The molecule has 4 heteroatoms. The first-order chi connectivity index (χ1) is 10.6. The van der Waals surface area contributed by atoms with Gasteiger partial charge in [0, 0.05) is 11.0 Å². The van der Waals surface area contributed by atoms with Crippen molar-refractivity contribution in [2.24, 2.45) is 0 Å². The maximum Gasteiger partial charge on any atom is 0.260 e. The van der Waals surface area contributed by atoms with Gasteiger partial charge in [-0.15, -0.1) is 0 Å². The number of benzene rings is 2. The quantitative estimate of drug-likeness (QED) is 0.757. The van der Waals surface area contributed by atoms with Gasteiger partial charge in [-0.05, 0) is 49.6 Å². The Morgan fingerprint density at radius 1 is 1.14 bits per heavy atom. The summed E-state index contributed by atoms with van der Waals surface area (Å²) in [5.74, 6) is 0.603. The van der Waals surface area contributed by atoms with Gasteiger partial charge in [-0.1, -0.05) is 46.3 Å². The Morgan fingerprint density at radius 2 is 1.82 bits per heavy atom. The van der Waals surface area contributed by atoms with E-state index in [1.807, 2.05) is 42.5 Å². The summed E-state index contributed by atoms with van der Waals surface area (Å²) in [5, 5.41) is 2.91. The Labute approximate surface area is 139 Å². The molecule has 0 aliphatic carbocycles. The van der Waals surface area contributed by atoms with Crippen LogP contribution in [-0.2, 0) is 11.2 Å². The van der Waals surface area contributed by atoms with Gasteiger partial charge < -0.3 is 10.1 Å². The molecule has 0 heterocycles. The minimum absolute atomic E-state index is 0.0871. The lowest BCUT2D eigenvalue weighted by Crippen LogP contribution is -2.36.